The van der Waals surface area contributed by atoms with Crippen LogP contribution in [0, 0.1) is 5.92 Å². The van der Waals surface area contributed by atoms with Gasteiger partial charge in [-0.25, -0.2) is 0 Å². The molecule has 1 aromatic rings. The zero-order chi connectivity index (χ0) is 13.9. The highest BCUT2D eigenvalue weighted by Crippen LogP contribution is 2.31. The van der Waals surface area contributed by atoms with Crippen molar-refractivity contribution in [2.24, 2.45) is 11.7 Å². The second-order valence-corrected chi connectivity index (χ2v) is 6.15. The zero-order valence-corrected chi connectivity index (χ0v) is 11.8. The van der Waals surface area contributed by atoms with E-state index in [-0.39, 0.29) is 0 Å². The average molecular weight is 270 g/mol. The number of pyridine rings is 1. The number of Topliss-reactive ketones (excluding diaryl/α,β-unsaturated/α-hetero) is 1. The first-order valence-electron chi connectivity index (χ1n) is 7.63. The Morgan fingerprint density at radius 3 is 2.90 bits per heavy atom. The second kappa shape index (κ2) is 5.88. The lowest BCUT2D eigenvalue weighted by atomic mass is 9.83. The maximum absolute atomic E-state index is 12.3. The Morgan fingerprint density at radius 2 is 2.10 bits per heavy atom. The molecule has 1 aromatic heterocycles. The van der Waals surface area contributed by atoms with Gasteiger partial charge < -0.3 is 5.73 Å². The number of aromatic nitrogens is 1. The molecule has 0 atom stereocenters. The minimum atomic E-state index is 0.356. The van der Waals surface area contributed by atoms with Crippen molar-refractivity contribution in [1.82, 2.24) is 4.98 Å². The van der Waals surface area contributed by atoms with Gasteiger partial charge in [0.2, 0.25) is 0 Å². The Kier molecular flexibility index (Phi) is 3.97. The SMILES string of the molecule is NC1CCC(CC(=O)CC2=CCc3cccnc32)CC1. The first-order chi connectivity index (χ1) is 9.72. The summed E-state index contributed by atoms with van der Waals surface area (Å²) in [5.74, 6) is 0.905. The molecule has 0 amide bonds. The van der Waals surface area contributed by atoms with Gasteiger partial charge in [-0.15, -0.1) is 0 Å². The van der Waals surface area contributed by atoms with Gasteiger partial charge >= 0.3 is 0 Å². The van der Waals surface area contributed by atoms with Crippen molar-refractivity contribution in [2.45, 2.75) is 51.0 Å². The Bertz CT molecular complexity index is 528. The van der Waals surface area contributed by atoms with Gasteiger partial charge in [-0.1, -0.05) is 12.1 Å². The molecule has 2 aliphatic carbocycles. The lowest BCUT2D eigenvalue weighted by Crippen LogP contribution is -2.27. The van der Waals surface area contributed by atoms with Gasteiger partial charge in [0, 0.05) is 25.1 Å². The third-order valence-corrected chi connectivity index (χ3v) is 4.56. The molecule has 2 aliphatic rings. The van der Waals surface area contributed by atoms with Gasteiger partial charge in [0.25, 0.3) is 0 Å². The van der Waals surface area contributed by atoms with Crippen molar-refractivity contribution in [3.8, 4) is 0 Å². The molecule has 1 fully saturated rings. The molecule has 0 aromatic carbocycles. The van der Waals surface area contributed by atoms with E-state index in [1.807, 2.05) is 12.3 Å². The van der Waals surface area contributed by atoms with Crippen LogP contribution in [0.1, 0.15) is 49.8 Å². The fourth-order valence-corrected chi connectivity index (χ4v) is 3.38. The molecule has 2 N–H and O–H groups in total. The predicted octanol–water partition coefficient (Wildman–Crippen LogP) is 2.89. The summed E-state index contributed by atoms with van der Waals surface area (Å²) in [7, 11) is 0. The highest BCUT2D eigenvalue weighted by Gasteiger charge is 2.23. The summed E-state index contributed by atoms with van der Waals surface area (Å²) < 4.78 is 0. The Balaban J connectivity index is 1.55. The summed E-state index contributed by atoms with van der Waals surface area (Å²) in [4.78, 5) is 16.7. The van der Waals surface area contributed by atoms with Crippen molar-refractivity contribution >= 4 is 11.4 Å². The van der Waals surface area contributed by atoms with E-state index in [0.29, 0.717) is 30.6 Å². The highest BCUT2D eigenvalue weighted by atomic mass is 16.1. The zero-order valence-electron chi connectivity index (χ0n) is 11.8. The van der Waals surface area contributed by atoms with Crippen LogP contribution >= 0.6 is 0 Å². The molecule has 0 aliphatic heterocycles. The van der Waals surface area contributed by atoms with E-state index in [0.717, 1.165) is 43.4 Å². The molecular weight excluding hydrogens is 248 g/mol. The number of allylic oxidation sites excluding steroid dienone is 2. The van der Waals surface area contributed by atoms with Crippen LogP contribution in [0.2, 0.25) is 0 Å². The van der Waals surface area contributed by atoms with Gasteiger partial charge in [-0.3, -0.25) is 9.78 Å². The van der Waals surface area contributed by atoms with Crippen LogP contribution in [-0.4, -0.2) is 16.8 Å². The molecule has 106 valence electrons. The normalized spacial score (nSPS) is 25.1. The topological polar surface area (TPSA) is 56.0 Å². The van der Waals surface area contributed by atoms with Gasteiger partial charge in [-0.2, -0.15) is 0 Å². The van der Waals surface area contributed by atoms with Crippen molar-refractivity contribution in [2.75, 3.05) is 0 Å². The number of rotatable bonds is 4. The monoisotopic (exact) mass is 270 g/mol. The van der Waals surface area contributed by atoms with Crippen molar-refractivity contribution in [3.63, 3.8) is 0 Å². The first kappa shape index (κ1) is 13.5. The van der Waals surface area contributed by atoms with Gasteiger partial charge in [0.05, 0.1) is 5.69 Å². The van der Waals surface area contributed by atoms with E-state index in [9.17, 15) is 4.79 Å². The van der Waals surface area contributed by atoms with Crippen LogP contribution in [-0.2, 0) is 11.2 Å². The third-order valence-electron chi connectivity index (χ3n) is 4.56. The Morgan fingerprint density at radius 1 is 1.30 bits per heavy atom. The van der Waals surface area contributed by atoms with Crippen LogP contribution in [0.3, 0.4) is 0 Å². The smallest absolute Gasteiger partial charge is 0.137 e. The fourth-order valence-electron chi connectivity index (χ4n) is 3.38. The van der Waals surface area contributed by atoms with Gasteiger partial charge in [0.15, 0.2) is 0 Å². The van der Waals surface area contributed by atoms with Crippen LogP contribution in [0.4, 0.5) is 0 Å². The number of nitrogens with zero attached hydrogens (tertiary/aromatic N) is 1. The summed E-state index contributed by atoms with van der Waals surface area (Å²) in [6, 6.07) is 4.41. The summed E-state index contributed by atoms with van der Waals surface area (Å²) >= 11 is 0. The number of fused-ring (bicyclic) bond motifs is 1. The number of ketones is 1. The van der Waals surface area contributed by atoms with Crippen LogP contribution in [0.15, 0.2) is 24.4 Å². The van der Waals surface area contributed by atoms with Gasteiger partial charge in [0.1, 0.15) is 5.78 Å². The molecule has 20 heavy (non-hydrogen) atoms. The summed E-state index contributed by atoms with van der Waals surface area (Å²) in [6.45, 7) is 0. The van der Waals surface area contributed by atoms with Gasteiger partial charge in [-0.05, 0) is 55.2 Å². The largest absolute Gasteiger partial charge is 0.328 e. The van der Waals surface area contributed by atoms with Crippen LogP contribution < -0.4 is 5.73 Å². The molecular formula is C17H22N2O. The number of hydrogen-bond acceptors (Lipinski definition) is 3. The van der Waals surface area contributed by atoms with E-state index in [1.165, 1.54) is 5.56 Å². The van der Waals surface area contributed by atoms with E-state index < -0.39 is 0 Å². The minimum absolute atomic E-state index is 0.356. The van der Waals surface area contributed by atoms with Crippen LogP contribution in [0.25, 0.3) is 5.57 Å². The average Bonchev–Trinajstić information content (AvgIpc) is 2.85. The second-order valence-electron chi connectivity index (χ2n) is 6.15. The maximum Gasteiger partial charge on any atom is 0.137 e. The van der Waals surface area contributed by atoms with Crippen molar-refractivity contribution < 1.29 is 4.79 Å². The highest BCUT2D eigenvalue weighted by molar-refractivity contribution is 5.91. The molecule has 1 heterocycles. The summed E-state index contributed by atoms with van der Waals surface area (Å²) in [5.41, 5.74) is 9.32. The van der Waals surface area contributed by atoms with E-state index >= 15 is 0 Å². The molecule has 3 rings (SSSR count). The number of carbonyl (C=O) groups is 1. The predicted molar refractivity (Wildman–Crippen MR) is 80.1 cm³/mol. The van der Waals surface area contributed by atoms with Crippen molar-refractivity contribution in [1.29, 1.82) is 0 Å². The molecule has 3 nitrogen and oxygen atoms in total. The van der Waals surface area contributed by atoms with E-state index in [4.69, 9.17) is 5.73 Å². The molecule has 0 radical (unpaired) electrons. The minimum Gasteiger partial charge on any atom is -0.328 e. The summed E-state index contributed by atoms with van der Waals surface area (Å²) in [6.07, 6.45) is 10.5. The molecule has 0 saturated heterocycles. The Labute approximate surface area is 120 Å². The first-order valence-corrected chi connectivity index (χ1v) is 7.63. The standard InChI is InChI=1S/C17H22N2O/c18-15-7-3-12(4-8-15)10-16(20)11-14-6-5-13-2-1-9-19-17(13)14/h1-2,6,9,12,15H,3-5,7-8,10-11,18H2. The maximum atomic E-state index is 12.3. The number of nitrogens with two attached hydrogens (primary N) is 1. The fraction of sp³-hybridized carbons (Fsp3) is 0.529. The number of carbonyl (C=O) groups excluding carboxylic acids is 1. The van der Waals surface area contributed by atoms with Crippen LogP contribution in [0.5, 0.6) is 0 Å². The quantitative estimate of drug-likeness (QED) is 0.915. The van der Waals surface area contributed by atoms with E-state index in [2.05, 4.69) is 17.1 Å². The lowest BCUT2D eigenvalue weighted by Gasteiger charge is -2.25. The van der Waals surface area contributed by atoms with E-state index in [1.54, 1.807) is 0 Å². The Hall–Kier alpha value is -1.48. The lowest BCUT2D eigenvalue weighted by molar-refractivity contribution is -0.119. The molecule has 1 saturated carbocycles. The van der Waals surface area contributed by atoms with Crippen molar-refractivity contribution in [3.05, 3.63) is 35.7 Å². The molecule has 0 spiro atoms. The molecule has 0 unspecified atom stereocenters. The number of hydrogen-bond donors (Lipinski definition) is 1. The third kappa shape index (κ3) is 2.98. The molecule has 3 heteroatoms. The summed E-state index contributed by atoms with van der Waals surface area (Å²) in [5, 5.41) is 0. The molecule has 0 bridgehead atoms.